The van der Waals surface area contributed by atoms with Crippen LogP contribution in [-0.2, 0) is 10.0 Å². The first-order valence-corrected chi connectivity index (χ1v) is 12.8. The van der Waals surface area contributed by atoms with Crippen LogP contribution in [0.1, 0.15) is 0 Å². The standard InChI is InChI=1S/C23H22FN5O5S2/c1-32-19-10-14(11-20(33-2)21(19)34-3)26-23-25-12-16(24)22(28-23)27-17-6-4-5-7-18(17)29-36(30,31)15-8-9-35-13-15/h4-13,29H,1-3H3,(H2,25,26,27,28). The average Bonchev–Trinajstić information content (AvgIpc) is 3.43. The summed E-state index contributed by atoms with van der Waals surface area (Å²) >= 11 is 1.26. The van der Waals surface area contributed by atoms with Crippen molar-refractivity contribution < 1.29 is 27.0 Å². The number of para-hydroxylation sites is 2. The van der Waals surface area contributed by atoms with E-state index in [2.05, 4.69) is 25.3 Å². The fraction of sp³-hybridized carbons (Fsp3) is 0.130. The van der Waals surface area contributed by atoms with E-state index in [0.717, 1.165) is 6.20 Å². The number of rotatable bonds is 10. The van der Waals surface area contributed by atoms with Crippen LogP contribution in [-0.4, -0.2) is 39.7 Å². The minimum absolute atomic E-state index is 0.0736. The Hall–Kier alpha value is -4.10. The molecule has 0 atom stereocenters. The molecule has 0 aliphatic rings. The van der Waals surface area contributed by atoms with Gasteiger partial charge in [0.25, 0.3) is 10.0 Å². The lowest BCUT2D eigenvalue weighted by molar-refractivity contribution is 0.324. The molecular weight excluding hydrogens is 509 g/mol. The molecule has 4 aromatic rings. The topological polar surface area (TPSA) is 124 Å². The Morgan fingerprint density at radius 1 is 0.944 bits per heavy atom. The molecule has 0 saturated carbocycles. The molecule has 0 aliphatic heterocycles. The predicted molar refractivity (Wildman–Crippen MR) is 136 cm³/mol. The summed E-state index contributed by atoms with van der Waals surface area (Å²) in [7, 11) is 0.653. The van der Waals surface area contributed by atoms with Gasteiger partial charge in [-0.3, -0.25) is 4.72 Å². The smallest absolute Gasteiger partial charge is 0.262 e. The lowest BCUT2D eigenvalue weighted by Gasteiger charge is -2.16. The van der Waals surface area contributed by atoms with Crippen molar-refractivity contribution in [3.63, 3.8) is 0 Å². The van der Waals surface area contributed by atoms with Gasteiger partial charge in [-0.05, 0) is 23.6 Å². The van der Waals surface area contributed by atoms with Gasteiger partial charge in [-0.25, -0.2) is 17.8 Å². The highest BCUT2D eigenvalue weighted by Gasteiger charge is 2.18. The zero-order valence-electron chi connectivity index (χ0n) is 19.4. The lowest BCUT2D eigenvalue weighted by Crippen LogP contribution is -2.13. The Labute approximate surface area is 211 Å². The van der Waals surface area contributed by atoms with Crippen molar-refractivity contribution in [2.75, 3.05) is 36.7 Å². The van der Waals surface area contributed by atoms with E-state index in [1.807, 2.05) is 0 Å². The maximum absolute atomic E-state index is 14.6. The summed E-state index contributed by atoms with van der Waals surface area (Å²) in [5.41, 5.74) is 1.03. The van der Waals surface area contributed by atoms with Gasteiger partial charge >= 0.3 is 0 Å². The molecule has 4 rings (SSSR count). The Morgan fingerprint density at radius 3 is 2.25 bits per heavy atom. The third-order valence-electron chi connectivity index (χ3n) is 4.89. The maximum Gasteiger partial charge on any atom is 0.262 e. The number of anilines is 5. The summed E-state index contributed by atoms with van der Waals surface area (Å²) < 4.78 is 58.5. The zero-order chi connectivity index (χ0) is 25.7. The monoisotopic (exact) mass is 531 g/mol. The van der Waals surface area contributed by atoms with Gasteiger partial charge in [-0.2, -0.15) is 16.3 Å². The molecule has 13 heteroatoms. The van der Waals surface area contributed by atoms with E-state index < -0.39 is 15.8 Å². The highest BCUT2D eigenvalue weighted by Crippen LogP contribution is 2.40. The minimum Gasteiger partial charge on any atom is -0.493 e. The largest absolute Gasteiger partial charge is 0.493 e. The van der Waals surface area contributed by atoms with Crippen molar-refractivity contribution in [1.82, 2.24) is 9.97 Å². The van der Waals surface area contributed by atoms with E-state index >= 15 is 0 Å². The van der Waals surface area contributed by atoms with Crippen molar-refractivity contribution in [3.8, 4) is 17.2 Å². The third kappa shape index (κ3) is 5.42. The normalized spacial score (nSPS) is 11.0. The fourth-order valence-electron chi connectivity index (χ4n) is 3.21. The van der Waals surface area contributed by atoms with Crippen molar-refractivity contribution in [1.29, 1.82) is 0 Å². The van der Waals surface area contributed by atoms with E-state index in [0.29, 0.717) is 28.6 Å². The summed E-state index contributed by atoms with van der Waals surface area (Å²) in [6.45, 7) is 0. The maximum atomic E-state index is 14.6. The SMILES string of the molecule is COc1cc(Nc2ncc(F)c(Nc3ccccc3NS(=O)(=O)c3ccsc3)n2)cc(OC)c1OC. The van der Waals surface area contributed by atoms with Crippen LogP contribution in [0.15, 0.2) is 64.3 Å². The highest BCUT2D eigenvalue weighted by atomic mass is 32.2. The molecule has 2 heterocycles. The Morgan fingerprint density at radius 2 is 1.64 bits per heavy atom. The van der Waals surface area contributed by atoms with Crippen LogP contribution in [0.25, 0.3) is 0 Å². The van der Waals surface area contributed by atoms with Gasteiger partial charge in [0.1, 0.15) is 0 Å². The summed E-state index contributed by atoms with van der Waals surface area (Å²) in [5, 5.41) is 8.99. The summed E-state index contributed by atoms with van der Waals surface area (Å²) in [5.74, 6) is 0.403. The first kappa shape index (κ1) is 25.0. The van der Waals surface area contributed by atoms with Crippen molar-refractivity contribution in [2.45, 2.75) is 4.90 Å². The van der Waals surface area contributed by atoms with Gasteiger partial charge in [0, 0.05) is 23.2 Å². The molecule has 188 valence electrons. The van der Waals surface area contributed by atoms with Crippen molar-refractivity contribution in [3.05, 3.63) is 65.2 Å². The molecule has 2 aromatic carbocycles. The zero-order valence-corrected chi connectivity index (χ0v) is 21.0. The van der Waals surface area contributed by atoms with E-state index in [1.54, 1.807) is 41.8 Å². The molecule has 0 radical (unpaired) electrons. The minimum atomic E-state index is -3.82. The van der Waals surface area contributed by atoms with Crippen LogP contribution >= 0.6 is 11.3 Å². The third-order valence-corrected chi connectivity index (χ3v) is 7.09. The number of hydrogen-bond acceptors (Lipinski definition) is 10. The number of ether oxygens (including phenoxy) is 3. The van der Waals surface area contributed by atoms with Crippen LogP contribution in [0.5, 0.6) is 17.2 Å². The van der Waals surface area contributed by atoms with Gasteiger partial charge in [-0.1, -0.05) is 12.1 Å². The van der Waals surface area contributed by atoms with Crippen LogP contribution in [0.2, 0.25) is 0 Å². The average molecular weight is 532 g/mol. The Bertz CT molecular complexity index is 1440. The number of hydrogen-bond donors (Lipinski definition) is 3. The van der Waals surface area contributed by atoms with Crippen LogP contribution < -0.4 is 29.6 Å². The molecule has 0 spiro atoms. The summed E-state index contributed by atoms with van der Waals surface area (Å²) in [4.78, 5) is 8.32. The number of halogens is 1. The molecular formula is C23H22FN5O5S2. The van der Waals surface area contributed by atoms with Crippen LogP contribution in [0, 0.1) is 5.82 Å². The van der Waals surface area contributed by atoms with Crippen molar-refractivity contribution >= 4 is 50.2 Å². The van der Waals surface area contributed by atoms with E-state index in [4.69, 9.17) is 14.2 Å². The van der Waals surface area contributed by atoms with Crippen LogP contribution in [0.4, 0.5) is 33.2 Å². The molecule has 3 N–H and O–H groups in total. The first-order chi connectivity index (χ1) is 17.3. The number of nitrogens with zero attached hydrogens (tertiary/aromatic N) is 2. The lowest BCUT2D eigenvalue weighted by atomic mass is 10.2. The Balaban J connectivity index is 1.61. The van der Waals surface area contributed by atoms with Gasteiger partial charge in [0.2, 0.25) is 11.7 Å². The second kappa shape index (κ2) is 10.7. The number of nitrogens with one attached hydrogen (secondary N) is 3. The van der Waals surface area contributed by atoms with Gasteiger partial charge in [0.05, 0.1) is 43.8 Å². The molecule has 36 heavy (non-hydrogen) atoms. The van der Waals surface area contributed by atoms with Crippen molar-refractivity contribution in [2.24, 2.45) is 0 Å². The molecule has 0 aliphatic carbocycles. The quantitative estimate of drug-likeness (QED) is 0.260. The molecule has 10 nitrogen and oxygen atoms in total. The number of methoxy groups -OCH3 is 3. The number of aromatic nitrogens is 2. The highest BCUT2D eigenvalue weighted by molar-refractivity contribution is 7.92. The predicted octanol–water partition coefficient (Wildman–Crippen LogP) is 4.99. The molecule has 2 aromatic heterocycles. The molecule has 0 saturated heterocycles. The Kier molecular flexibility index (Phi) is 7.41. The first-order valence-electron chi connectivity index (χ1n) is 10.3. The molecule has 0 unspecified atom stereocenters. The summed E-state index contributed by atoms with van der Waals surface area (Å²) in [6, 6.07) is 11.3. The number of benzene rings is 2. The fourth-order valence-corrected chi connectivity index (χ4v) is 5.32. The number of sulfonamides is 1. The molecule has 0 amide bonds. The van der Waals surface area contributed by atoms with E-state index in [-0.39, 0.29) is 22.3 Å². The summed E-state index contributed by atoms with van der Waals surface area (Å²) in [6.07, 6.45) is 0.994. The second-order valence-electron chi connectivity index (χ2n) is 7.16. The van der Waals surface area contributed by atoms with Gasteiger partial charge in [0.15, 0.2) is 23.1 Å². The van der Waals surface area contributed by atoms with E-state index in [9.17, 15) is 12.8 Å². The number of thiophene rings is 1. The second-order valence-corrected chi connectivity index (χ2v) is 9.63. The molecule has 0 bridgehead atoms. The van der Waals surface area contributed by atoms with Gasteiger partial charge < -0.3 is 24.8 Å². The van der Waals surface area contributed by atoms with Crippen LogP contribution in [0.3, 0.4) is 0 Å². The molecule has 0 fully saturated rings. The van der Waals surface area contributed by atoms with Gasteiger partial charge in [-0.15, -0.1) is 0 Å². The van der Waals surface area contributed by atoms with E-state index in [1.165, 1.54) is 44.1 Å².